The molecule has 0 aliphatic carbocycles. The number of nitrogens with zero attached hydrogens (tertiary/aromatic N) is 3. The number of rotatable bonds is 5. The molecular weight excluding hydrogens is 482 g/mol. The van der Waals surface area contributed by atoms with Gasteiger partial charge in [-0.2, -0.15) is 8.42 Å². The second kappa shape index (κ2) is 8.24. The summed E-state index contributed by atoms with van der Waals surface area (Å²) >= 11 is 0. The van der Waals surface area contributed by atoms with E-state index in [4.69, 9.17) is 0 Å². The van der Waals surface area contributed by atoms with Gasteiger partial charge in [0.1, 0.15) is 16.2 Å². The summed E-state index contributed by atoms with van der Waals surface area (Å²) in [5, 5.41) is 17.3. The van der Waals surface area contributed by atoms with Crippen LogP contribution in [0, 0.1) is 5.41 Å². The van der Waals surface area contributed by atoms with Gasteiger partial charge < -0.3 is 10.4 Å². The van der Waals surface area contributed by atoms with Crippen LogP contribution in [-0.2, 0) is 24.8 Å². The third kappa shape index (κ3) is 4.77. The van der Waals surface area contributed by atoms with Gasteiger partial charge in [0.15, 0.2) is 5.84 Å². The van der Waals surface area contributed by atoms with E-state index in [0.717, 1.165) is 18.7 Å². The zero-order chi connectivity index (χ0) is 25.1. The Labute approximate surface area is 199 Å². The number of aliphatic hydroxyl groups excluding tert-OH is 1. The molecule has 0 saturated carbocycles. The molecule has 1 amide bonds. The summed E-state index contributed by atoms with van der Waals surface area (Å²) in [6, 6.07) is 3.52. The van der Waals surface area contributed by atoms with E-state index < -0.39 is 32.0 Å². The molecule has 0 radical (unpaired) electrons. The average molecular weight is 512 g/mol. The van der Waals surface area contributed by atoms with Crippen LogP contribution in [0.5, 0.6) is 0 Å². The van der Waals surface area contributed by atoms with Crippen LogP contribution in [0.1, 0.15) is 40.0 Å². The molecule has 11 nitrogen and oxygen atoms in total. The van der Waals surface area contributed by atoms with Crippen molar-refractivity contribution in [1.29, 1.82) is 0 Å². The van der Waals surface area contributed by atoms with Crippen molar-refractivity contribution in [2.24, 2.45) is 9.81 Å². The van der Waals surface area contributed by atoms with Crippen molar-refractivity contribution in [2.75, 3.05) is 29.4 Å². The van der Waals surface area contributed by atoms with Crippen molar-refractivity contribution < 1.29 is 26.7 Å². The zero-order valence-corrected chi connectivity index (χ0v) is 21.1. The van der Waals surface area contributed by atoms with Crippen LogP contribution >= 0.6 is 0 Å². The quantitative estimate of drug-likeness (QED) is 0.544. The molecule has 4 rings (SSSR count). The van der Waals surface area contributed by atoms with Gasteiger partial charge in [-0.3, -0.25) is 14.5 Å². The molecule has 3 aliphatic rings. The van der Waals surface area contributed by atoms with Crippen molar-refractivity contribution >= 4 is 43.2 Å². The van der Waals surface area contributed by atoms with Gasteiger partial charge in [0, 0.05) is 18.8 Å². The Morgan fingerprint density at radius 3 is 2.65 bits per heavy atom. The molecule has 1 aromatic rings. The number of amides is 1. The number of anilines is 2. The van der Waals surface area contributed by atoms with Crippen molar-refractivity contribution in [3.05, 3.63) is 29.5 Å². The van der Waals surface area contributed by atoms with E-state index in [-0.39, 0.29) is 38.9 Å². The van der Waals surface area contributed by atoms with Gasteiger partial charge in [-0.15, -0.1) is 4.40 Å². The maximum atomic E-state index is 13.5. The molecule has 34 heavy (non-hydrogen) atoms. The first kappa shape index (κ1) is 24.5. The minimum absolute atomic E-state index is 0.0283. The summed E-state index contributed by atoms with van der Waals surface area (Å²) in [6.45, 7) is 7.25. The monoisotopic (exact) mass is 511 g/mol. The van der Waals surface area contributed by atoms with Gasteiger partial charge >= 0.3 is 0 Å². The summed E-state index contributed by atoms with van der Waals surface area (Å²) in [5.74, 6) is -0.957. The molecule has 3 aliphatic heterocycles. The fourth-order valence-electron chi connectivity index (χ4n) is 4.28. The lowest BCUT2D eigenvalue weighted by Crippen LogP contribution is -2.56. The van der Waals surface area contributed by atoms with Crippen LogP contribution < -0.4 is 10.0 Å². The van der Waals surface area contributed by atoms with Crippen LogP contribution in [0.15, 0.2) is 38.8 Å². The first-order valence-electron chi connectivity index (χ1n) is 10.9. The summed E-state index contributed by atoms with van der Waals surface area (Å²) in [5.41, 5.74) is 0.00679. The lowest BCUT2D eigenvalue weighted by atomic mass is 9.92. The van der Waals surface area contributed by atoms with Gasteiger partial charge in [-0.25, -0.2) is 13.4 Å². The summed E-state index contributed by atoms with van der Waals surface area (Å²) < 4.78 is 55.0. The Bertz CT molecular complexity index is 1310. The number of benzene rings is 1. The number of amidine groups is 1. The Morgan fingerprint density at radius 1 is 1.29 bits per heavy atom. The van der Waals surface area contributed by atoms with Crippen LogP contribution in [-0.4, -0.2) is 69.1 Å². The fourth-order valence-corrected chi connectivity index (χ4v) is 5.98. The first-order valence-corrected chi connectivity index (χ1v) is 14.3. The van der Waals surface area contributed by atoms with Crippen molar-refractivity contribution in [3.63, 3.8) is 0 Å². The number of aliphatic hydroxyl groups is 1. The number of hydrogen-bond donors (Lipinski definition) is 3. The van der Waals surface area contributed by atoms with Gasteiger partial charge in [-0.1, -0.05) is 20.8 Å². The molecule has 13 heteroatoms. The van der Waals surface area contributed by atoms with E-state index in [9.17, 15) is 26.7 Å². The van der Waals surface area contributed by atoms with Gasteiger partial charge in [-0.05, 0) is 42.9 Å². The number of carbonyl (C=O) groups is 1. The minimum atomic E-state index is -4.28. The predicted molar refractivity (Wildman–Crippen MR) is 128 cm³/mol. The molecule has 0 bridgehead atoms. The van der Waals surface area contributed by atoms with Crippen LogP contribution in [0.2, 0.25) is 0 Å². The Balaban J connectivity index is 1.73. The van der Waals surface area contributed by atoms with Crippen molar-refractivity contribution in [3.8, 4) is 0 Å². The van der Waals surface area contributed by atoms with E-state index in [1.165, 1.54) is 12.1 Å². The fraction of sp³-hybridized carbons (Fsp3) is 0.524. The number of fused-ring (bicyclic) bond motifs is 2. The Hall–Kier alpha value is -2.64. The highest BCUT2D eigenvalue weighted by atomic mass is 32.2. The molecule has 0 unspecified atom stereocenters. The molecule has 1 aromatic carbocycles. The molecule has 1 atom stereocenters. The van der Waals surface area contributed by atoms with E-state index >= 15 is 0 Å². The zero-order valence-electron chi connectivity index (χ0n) is 19.5. The summed E-state index contributed by atoms with van der Waals surface area (Å²) in [6.07, 6.45) is 3.09. The van der Waals surface area contributed by atoms with Gasteiger partial charge in [0.2, 0.25) is 10.0 Å². The topological polar surface area (TPSA) is 148 Å². The number of carbonyl (C=O) groups excluding carboxylic acids is 1. The number of nitrogens with one attached hydrogen (secondary N) is 2. The minimum Gasteiger partial charge on any atom is -0.510 e. The lowest BCUT2D eigenvalue weighted by molar-refractivity contribution is -0.149. The molecule has 3 N–H and O–H groups in total. The largest absolute Gasteiger partial charge is 0.510 e. The summed E-state index contributed by atoms with van der Waals surface area (Å²) in [4.78, 5) is 13.3. The Morgan fingerprint density at radius 2 is 2.00 bits per heavy atom. The maximum absolute atomic E-state index is 13.5. The van der Waals surface area contributed by atoms with Crippen LogP contribution in [0.3, 0.4) is 0 Å². The van der Waals surface area contributed by atoms with Gasteiger partial charge in [0.25, 0.3) is 15.9 Å². The van der Waals surface area contributed by atoms with Crippen molar-refractivity contribution in [1.82, 2.24) is 10.0 Å². The average Bonchev–Trinajstić information content (AvgIpc) is 3.16. The van der Waals surface area contributed by atoms with E-state index in [1.807, 2.05) is 5.01 Å². The van der Waals surface area contributed by atoms with Crippen LogP contribution in [0.25, 0.3) is 0 Å². The SMILES string of the molecule is CC(C)(C)CCN1C(=O)C(C2=NS(=O)(=O)c3cc(NS(C)(=O)=O)ccc3N2)=C(O)[C@@H]2CCCN21. The normalized spacial score (nSPS) is 22.7. The molecule has 0 spiro atoms. The predicted octanol–water partition coefficient (Wildman–Crippen LogP) is 2.04. The molecule has 1 fully saturated rings. The first-order chi connectivity index (χ1) is 15.7. The smallest absolute Gasteiger partial charge is 0.286 e. The molecular formula is C21H29N5O6S2. The molecule has 0 aromatic heterocycles. The molecule has 3 heterocycles. The number of sulfonamides is 2. The highest BCUT2D eigenvalue weighted by Gasteiger charge is 2.45. The molecule has 186 valence electrons. The third-order valence-electron chi connectivity index (χ3n) is 5.89. The lowest BCUT2D eigenvalue weighted by Gasteiger charge is -2.41. The standard InChI is InChI=1S/C21H29N5O6S2/c1-21(2,3)9-11-26-20(28)17(18(27)15-6-5-10-25(15)26)19-22-14-8-7-13(23-33(4,29)30)12-16(14)34(31,32)24-19/h7-8,12,15,23,27H,5-6,9-11H2,1-4H3,(H,22,24)/t15-/m0/s1. The van der Waals surface area contributed by atoms with E-state index in [1.54, 1.807) is 5.01 Å². The van der Waals surface area contributed by atoms with E-state index in [2.05, 4.69) is 35.2 Å². The van der Waals surface area contributed by atoms with Crippen molar-refractivity contribution in [2.45, 2.75) is 51.0 Å². The third-order valence-corrected chi connectivity index (χ3v) is 7.82. The maximum Gasteiger partial charge on any atom is 0.286 e. The highest BCUT2D eigenvalue weighted by molar-refractivity contribution is 7.92. The van der Waals surface area contributed by atoms with E-state index in [0.29, 0.717) is 25.9 Å². The number of hydrogen-bond acceptors (Lipinski definition) is 8. The molecule has 1 saturated heterocycles. The Kier molecular flexibility index (Phi) is 5.93. The van der Waals surface area contributed by atoms with Gasteiger partial charge in [0.05, 0.1) is 18.0 Å². The second-order valence-corrected chi connectivity index (χ2v) is 13.3. The van der Waals surface area contributed by atoms with Crippen LogP contribution in [0.4, 0.5) is 11.4 Å². The highest BCUT2D eigenvalue weighted by Crippen LogP contribution is 2.36. The summed E-state index contributed by atoms with van der Waals surface area (Å²) in [7, 11) is -7.89. The second-order valence-electron chi connectivity index (χ2n) is 9.95. The number of hydrazine groups is 1.